The first-order valence-electron chi connectivity index (χ1n) is 9.56. The molecular formula is C20H22FN3O4. The van der Waals surface area contributed by atoms with Crippen LogP contribution in [0.4, 0.5) is 10.1 Å². The number of nitrogens with two attached hydrogens (primary N) is 1. The number of hydrogen-bond donors (Lipinski definition) is 2. The molecule has 2 aliphatic carbocycles. The summed E-state index contributed by atoms with van der Waals surface area (Å²) in [4.78, 5) is 26.2. The van der Waals surface area contributed by atoms with Crippen molar-refractivity contribution in [2.24, 2.45) is 11.7 Å². The van der Waals surface area contributed by atoms with E-state index in [4.69, 9.17) is 10.5 Å². The van der Waals surface area contributed by atoms with E-state index in [0.29, 0.717) is 30.2 Å². The van der Waals surface area contributed by atoms with Crippen LogP contribution in [-0.4, -0.2) is 41.4 Å². The van der Waals surface area contributed by atoms with Crippen LogP contribution >= 0.6 is 0 Å². The minimum absolute atomic E-state index is 0.0366. The molecule has 28 heavy (non-hydrogen) atoms. The third-order valence-electron chi connectivity index (χ3n) is 6.59. The van der Waals surface area contributed by atoms with Crippen LogP contribution in [0.2, 0.25) is 0 Å². The van der Waals surface area contributed by atoms with Gasteiger partial charge >= 0.3 is 5.97 Å². The number of nitrogens with zero attached hydrogens (tertiary/aromatic N) is 2. The van der Waals surface area contributed by atoms with E-state index in [1.165, 1.54) is 13.3 Å². The van der Waals surface area contributed by atoms with Crippen LogP contribution in [-0.2, 0) is 0 Å². The normalized spacial score (nSPS) is 26.2. The fourth-order valence-corrected chi connectivity index (χ4v) is 4.78. The molecule has 0 spiro atoms. The first kappa shape index (κ1) is 17.5. The highest BCUT2D eigenvalue weighted by atomic mass is 19.1. The van der Waals surface area contributed by atoms with Crippen molar-refractivity contribution in [1.82, 2.24) is 4.57 Å². The number of pyridine rings is 1. The number of benzene rings is 1. The molecule has 2 unspecified atom stereocenters. The Kier molecular flexibility index (Phi) is 3.56. The quantitative estimate of drug-likeness (QED) is 0.834. The molecule has 3 N–H and O–H groups in total. The minimum Gasteiger partial charge on any atom is -0.492 e. The van der Waals surface area contributed by atoms with E-state index in [-0.39, 0.29) is 28.3 Å². The van der Waals surface area contributed by atoms with Crippen molar-refractivity contribution in [2.45, 2.75) is 37.3 Å². The number of carbonyl (C=O) groups is 1. The molecule has 0 radical (unpaired) electrons. The summed E-state index contributed by atoms with van der Waals surface area (Å²) in [5, 5.41) is 9.44. The number of carboxylic acids is 1. The van der Waals surface area contributed by atoms with E-state index in [1.54, 1.807) is 4.57 Å². The molecule has 8 heteroatoms. The van der Waals surface area contributed by atoms with E-state index in [2.05, 4.69) is 0 Å². The molecule has 5 rings (SSSR count). The maximum atomic E-state index is 15.2. The average molecular weight is 387 g/mol. The molecule has 1 aromatic carbocycles. The topological polar surface area (TPSA) is 97.8 Å². The molecule has 2 saturated carbocycles. The van der Waals surface area contributed by atoms with Gasteiger partial charge in [0.1, 0.15) is 11.3 Å². The largest absolute Gasteiger partial charge is 0.492 e. The summed E-state index contributed by atoms with van der Waals surface area (Å²) in [7, 11) is 1.45. The van der Waals surface area contributed by atoms with Crippen molar-refractivity contribution < 1.29 is 19.0 Å². The number of ether oxygens (including phenoxy) is 1. The van der Waals surface area contributed by atoms with Gasteiger partial charge in [0.2, 0.25) is 5.43 Å². The second kappa shape index (κ2) is 5.70. The van der Waals surface area contributed by atoms with Gasteiger partial charge in [-0.25, -0.2) is 9.18 Å². The summed E-state index contributed by atoms with van der Waals surface area (Å²) >= 11 is 0. The summed E-state index contributed by atoms with van der Waals surface area (Å²) in [6.07, 6.45) is 5.07. The first-order valence-corrected chi connectivity index (χ1v) is 9.56. The van der Waals surface area contributed by atoms with E-state index in [9.17, 15) is 14.7 Å². The maximum absolute atomic E-state index is 15.2. The summed E-state index contributed by atoms with van der Waals surface area (Å²) in [5.74, 6) is -1.30. The Hall–Kier alpha value is -2.61. The van der Waals surface area contributed by atoms with Crippen LogP contribution in [0.25, 0.3) is 10.9 Å². The van der Waals surface area contributed by atoms with Crippen molar-refractivity contribution in [2.75, 3.05) is 25.1 Å². The van der Waals surface area contributed by atoms with E-state index >= 15 is 4.39 Å². The van der Waals surface area contributed by atoms with Gasteiger partial charge in [-0.05, 0) is 37.7 Å². The van der Waals surface area contributed by atoms with Crippen LogP contribution in [0, 0.1) is 11.7 Å². The molecular weight excluding hydrogens is 365 g/mol. The molecule has 2 aromatic rings. The Bertz CT molecular complexity index is 1080. The van der Waals surface area contributed by atoms with Gasteiger partial charge in [-0.3, -0.25) is 4.79 Å². The lowest BCUT2D eigenvalue weighted by Gasteiger charge is -2.40. The lowest BCUT2D eigenvalue weighted by atomic mass is 9.70. The van der Waals surface area contributed by atoms with Crippen LogP contribution in [0.15, 0.2) is 17.1 Å². The second-order valence-electron chi connectivity index (χ2n) is 8.30. The molecule has 2 heterocycles. The molecule has 3 fully saturated rings. The lowest BCUT2D eigenvalue weighted by Crippen LogP contribution is -2.54. The monoisotopic (exact) mass is 387 g/mol. The Morgan fingerprint density at radius 1 is 1.39 bits per heavy atom. The highest BCUT2D eigenvalue weighted by Crippen LogP contribution is 2.49. The Labute approximate surface area is 160 Å². The van der Waals surface area contributed by atoms with Crippen LogP contribution < -0.4 is 20.8 Å². The number of methoxy groups -OCH3 is 1. The van der Waals surface area contributed by atoms with Gasteiger partial charge in [-0.1, -0.05) is 0 Å². The van der Waals surface area contributed by atoms with Gasteiger partial charge in [0.25, 0.3) is 0 Å². The van der Waals surface area contributed by atoms with Crippen molar-refractivity contribution in [3.8, 4) is 5.75 Å². The van der Waals surface area contributed by atoms with Gasteiger partial charge in [0.05, 0.1) is 18.0 Å². The summed E-state index contributed by atoms with van der Waals surface area (Å²) < 4.78 is 22.6. The molecule has 148 valence electrons. The zero-order chi connectivity index (χ0) is 19.8. The average Bonchev–Trinajstić information content (AvgIpc) is 3.45. The minimum atomic E-state index is -1.31. The molecule has 1 saturated heterocycles. The SMILES string of the molecule is COc1c(N2CC3CCC3(N)C2)c(F)cc2c(=O)c(C(=O)O)cn(C3CC3)c12. The van der Waals surface area contributed by atoms with E-state index in [1.807, 2.05) is 4.90 Å². The number of aromatic nitrogens is 1. The number of aromatic carboxylic acids is 1. The fraction of sp³-hybridized carbons (Fsp3) is 0.500. The standard InChI is InChI=1S/C20H22FN3O4/c1-28-18-15-12(17(25)13(19(26)27)8-24(15)11-2-3-11)6-14(21)16(18)23-7-10-4-5-20(10,22)9-23/h6,8,10-11H,2-5,7,9,22H2,1H3,(H,26,27). The summed E-state index contributed by atoms with van der Waals surface area (Å²) in [6.45, 7) is 1.19. The van der Waals surface area contributed by atoms with Gasteiger partial charge in [-0.15, -0.1) is 0 Å². The van der Waals surface area contributed by atoms with Gasteiger partial charge < -0.3 is 25.0 Å². The summed E-state index contributed by atoms with van der Waals surface area (Å²) in [5.41, 5.74) is 5.86. The molecule has 1 aromatic heterocycles. The lowest BCUT2D eigenvalue weighted by molar-refractivity contribution is 0.0695. The predicted octanol–water partition coefficient (Wildman–Crippen LogP) is 2.11. The number of hydrogen-bond acceptors (Lipinski definition) is 5. The maximum Gasteiger partial charge on any atom is 0.341 e. The van der Waals surface area contributed by atoms with Crippen molar-refractivity contribution >= 4 is 22.6 Å². The molecule has 0 bridgehead atoms. The van der Waals surface area contributed by atoms with E-state index < -0.39 is 17.2 Å². The second-order valence-corrected chi connectivity index (χ2v) is 8.30. The Morgan fingerprint density at radius 3 is 2.64 bits per heavy atom. The number of halogens is 1. The number of anilines is 1. The summed E-state index contributed by atoms with van der Waals surface area (Å²) in [6, 6.07) is 1.24. The van der Waals surface area contributed by atoms with Crippen molar-refractivity contribution in [1.29, 1.82) is 0 Å². The van der Waals surface area contributed by atoms with Gasteiger partial charge in [0.15, 0.2) is 11.6 Å². The smallest absolute Gasteiger partial charge is 0.341 e. The molecule has 3 aliphatic rings. The predicted molar refractivity (Wildman–Crippen MR) is 102 cm³/mol. The number of fused-ring (bicyclic) bond motifs is 2. The van der Waals surface area contributed by atoms with Gasteiger partial charge in [-0.2, -0.15) is 0 Å². The highest BCUT2D eigenvalue weighted by Gasteiger charge is 2.51. The van der Waals surface area contributed by atoms with Gasteiger partial charge in [0, 0.05) is 30.9 Å². The Morgan fingerprint density at radius 2 is 2.14 bits per heavy atom. The van der Waals surface area contributed by atoms with Crippen molar-refractivity contribution in [3.63, 3.8) is 0 Å². The molecule has 1 aliphatic heterocycles. The van der Waals surface area contributed by atoms with Crippen LogP contribution in [0.1, 0.15) is 42.1 Å². The first-order chi connectivity index (χ1) is 13.3. The molecule has 7 nitrogen and oxygen atoms in total. The fourth-order valence-electron chi connectivity index (χ4n) is 4.78. The third kappa shape index (κ3) is 2.30. The third-order valence-corrected chi connectivity index (χ3v) is 6.59. The zero-order valence-corrected chi connectivity index (χ0v) is 15.6. The number of rotatable bonds is 4. The number of carboxylic acid groups (broad SMARTS) is 1. The van der Waals surface area contributed by atoms with Crippen molar-refractivity contribution in [3.05, 3.63) is 33.9 Å². The van der Waals surface area contributed by atoms with Crippen LogP contribution in [0.3, 0.4) is 0 Å². The zero-order valence-electron chi connectivity index (χ0n) is 15.6. The van der Waals surface area contributed by atoms with E-state index in [0.717, 1.165) is 31.7 Å². The van der Waals surface area contributed by atoms with Crippen LogP contribution in [0.5, 0.6) is 5.75 Å². The molecule has 2 atom stereocenters. The Balaban J connectivity index is 1.78. The molecule has 0 amide bonds. The highest BCUT2D eigenvalue weighted by molar-refractivity contribution is 5.97.